The number of amides is 1. The van der Waals surface area contributed by atoms with Crippen LogP contribution in [0.3, 0.4) is 0 Å². The summed E-state index contributed by atoms with van der Waals surface area (Å²) in [7, 11) is 0. The normalized spacial score (nSPS) is 24.1. The van der Waals surface area contributed by atoms with E-state index in [0.29, 0.717) is 13.0 Å². The van der Waals surface area contributed by atoms with Gasteiger partial charge in [0.05, 0.1) is 5.60 Å². The van der Waals surface area contributed by atoms with E-state index in [-0.39, 0.29) is 18.0 Å². The van der Waals surface area contributed by atoms with Crippen molar-refractivity contribution in [3.05, 3.63) is 29.6 Å². The van der Waals surface area contributed by atoms with Crippen LogP contribution in [-0.4, -0.2) is 39.7 Å². The van der Waals surface area contributed by atoms with E-state index in [4.69, 9.17) is 5.11 Å². The molecule has 1 aromatic carbocycles. The molecule has 0 aliphatic carbocycles. The predicted molar refractivity (Wildman–Crippen MR) is 63.8 cm³/mol. The lowest BCUT2D eigenvalue weighted by molar-refractivity contribution is -0.0107. The number of rotatable bonds is 1. The lowest BCUT2D eigenvalue weighted by atomic mass is 9.94. The number of piperidine rings is 1. The zero-order valence-corrected chi connectivity index (χ0v) is 10.2. The van der Waals surface area contributed by atoms with Gasteiger partial charge in [-0.05, 0) is 38.0 Å². The number of aromatic hydroxyl groups is 1. The molecular weight excluding hydrogens is 237 g/mol. The Kier molecular flexibility index (Phi) is 3.26. The van der Waals surface area contributed by atoms with Gasteiger partial charge in [-0.2, -0.15) is 0 Å². The molecule has 1 saturated heterocycles. The molecule has 1 atom stereocenters. The lowest BCUT2D eigenvalue weighted by Gasteiger charge is -2.36. The standard InChI is InChI=1S/C13H16FNO3/c1-13(18)5-2-6-15(8-13)12(17)9-3-4-11(16)10(14)7-9/h3-4,7,16,18H,2,5-6,8H2,1H3/t13-/m1/s1. The third-order valence-electron chi connectivity index (χ3n) is 3.16. The number of halogens is 1. The lowest BCUT2D eigenvalue weighted by Crippen LogP contribution is -2.48. The fourth-order valence-corrected chi connectivity index (χ4v) is 2.22. The molecule has 0 radical (unpaired) electrons. The van der Waals surface area contributed by atoms with Gasteiger partial charge in [0.25, 0.3) is 5.91 Å². The maximum Gasteiger partial charge on any atom is 0.254 e. The Hall–Kier alpha value is -1.62. The monoisotopic (exact) mass is 253 g/mol. The minimum absolute atomic E-state index is 0.183. The molecule has 2 rings (SSSR count). The van der Waals surface area contributed by atoms with Gasteiger partial charge >= 0.3 is 0 Å². The molecule has 4 nitrogen and oxygen atoms in total. The van der Waals surface area contributed by atoms with Crippen LogP contribution in [0.25, 0.3) is 0 Å². The fraction of sp³-hybridized carbons (Fsp3) is 0.462. The highest BCUT2D eigenvalue weighted by molar-refractivity contribution is 5.94. The van der Waals surface area contributed by atoms with Crippen molar-refractivity contribution in [3.8, 4) is 5.75 Å². The van der Waals surface area contributed by atoms with Gasteiger partial charge in [0.15, 0.2) is 11.6 Å². The molecule has 2 N–H and O–H groups in total. The second-order valence-electron chi connectivity index (χ2n) is 4.99. The fourth-order valence-electron chi connectivity index (χ4n) is 2.22. The number of phenols is 1. The summed E-state index contributed by atoms with van der Waals surface area (Å²) in [6, 6.07) is 3.55. The van der Waals surface area contributed by atoms with E-state index in [1.54, 1.807) is 6.92 Å². The van der Waals surface area contributed by atoms with Crippen LogP contribution in [0.4, 0.5) is 4.39 Å². The van der Waals surface area contributed by atoms with Crippen LogP contribution in [0, 0.1) is 5.82 Å². The van der Waals surface area contributed by atoms with Crippen molar-refractivity contribution >= 4 is 5.91 Å². The minimum Gasteiger partial charge on any atom is -0.505 e. The maximum absolute atomic E-state index is 13.2. The zero-order chi connectivity index (χ0) is 13.3. The molecule has 0 aromatic heterocycles. The second-order valence-corrected chi connectivity index (χ2v) is 4.99. The number of benzene rings is 1. The number of nitrogens with zero attached hydrogens (tertiary/aromatic N) is 1. The SMILES string of the molecule is C[C@@]1(O)CCCN(C(=O)c2ccc(O)c(F)c2)C1. The van der Waals surface area contributed by atoms with E-state index >= 15 is 0 Å². The van der Waals surface area contributed by atoms with E-state index < -0.39 is 17.2 Å². The Bertz CT molecular complexity index is 473. The van der Waals surface area contributed by atoms with Crippen molar-refractivity contribution in [2.45, 2.75) is 25.4 Å². The average Bonchev–Trinajstić information content (AvgIpc) is 2.30. The summed E-state index contributed by atoms with van der Waals surface area (Å²) in [6.45, 7) is 2.48. The zero-order valence-electron chi connectivity index (χ0n) is 10.2. The van der Waals surface area contributed by atoms with Crippen LogP contribution in [0.1, 0.15) is 30.1 Å². The summed E-state index contributed by atoms with van der Waals surface area (Å²) in [5, 5.41) is 19.0. The maximum atomic E-state index is 13.2. The Balaban J connectivity index is 2.18. The van der Waals surface area contributed by atoms with Gasteiger partial charge in [0.2, 0.25) is 0 Å². The number of hydrogen-bond acceptors (Lipinski definition) is 3. The van der Waals surface area contributed by atoms with Crippen molar-refractivity contribution in [1.82, 2.24) is 4.90 Å². The van der Waals surface area contributed by atoms with Crippen LogP contribution >= 0.6 is 0 Å². The number of β-amino-alcohol motifs (C(OH)–C–C–N with tert-alkyl or cyclic N) is 1. The van der Waals surface area contributed by atoms with Crippen molar-refractivity contribution in [2.75, 3.05) is 13.1 Å². The molecule has 1 aliphatic heterocycles. The van der Waals surface area contributed by atoms with E-state index in [1.807, 2.05) is 0 Å². The van der Waals surface area contributed by atoms with Gasteiger partial charge < -0.3 is 15.1 Å². The number of phenolic OH excluding ortho intramolecular Hbond substituents is 1. The molecule has 0 unspecified atom stereocenters. The van der Waals surface area contributed by atoms with Gasteiger partial charge in [-0.15, -0.1) is 0 Å². The first-order chi connectivity index (χ1) is 8.39. The molecule has 1 fully saturated rings. The van der Waals surface area contributed by atoms with E-state index in [9.17, 15) is 14.3 Å². The molecule has 0 spiro atoms. The summed E-state index contributed by atoms with van der Waals surface area (Å²) in [6.07, 6.45) is 1.38. The van der Waals surface area contributed by atoms with Gasteiger partial charge in [-0.25, -0.2) is 4.39 Å². The van der Waals surface area contributed by atoms with Crippen LogP contribution in [0.15, 0.2) is 18.2 Å². The van der Waals surface area contributed by atoms with Gasteiger partial charge in [0, 0.05) is 18.7 Å². The second kappa shape index (κ2) is 4.57. The smallest absolute Gasteiger partial charge is 0.254 e. The van der Waals surface area contributed by atoms with Crippen LogP contribution in [0.5, 0.6) is 5.75 Å². The molecule has 18 heavy (non-hydrogen) atoms. The average molecular weight is 253 g/mol. The Morgan fingerprint density at radius 3 is 2.83 bits per heavy atom. The first-order valence-electron chi connectivity index (χ1n) is 5.89. The number of aliphatic hydroxyl groups is 1. The number of likely N-dealkylation sites (tertiary alicyclic amines) is 1. The number of carbonyl (C=O) groups excluding carboxylic acids is 1. The topological polar surface area (TPSA) is 60.8 Å². The van der Waals surface area contributed by atoms with Crippen molar-refractivity contribution < 1.29 is 19.4 Å². The van der Waals surface area contributed by atoms with Crippen LogP contribution in [0.2, 0.25) is 0 Å². The van der Waals surface area contributed by atoms with Gasteiger partial charge in [0.1, 0.15) is 0 Å². The Morgan fingerprint density at radius 1 is 1.50 bits per heavy atom. The van der Waals surface area contributed by atoms with E-state index in [2.05, 4.69) is 0 Å². The first kappa shape index (κ1) is 12.8. The summed E-state index contributed by atoms with van der Waals surface area (Å²) in [4.78, 5) is 13.6. The molecule has 1 aliphatic rings. The molecule has 1 amide bonds. The third-order valence-corrected chi connectivity index (χ3v) is 3.16. The molecule has 5 heteroatoms. The van der Waals surface area contributed by atoms with Crippen molar-refractivity contribution in [3.63, 3.8) is 0 Å². The quantitative estimate of drug-likeness (QED) is 0.797. The summed E-state index contributed by atoms with van der Waals surface area (Å²) in [5.74, 6) is -1.62. The summed E-state index contributed by atoms with van der Waals surface area (Å²) >= 11 is 0. The molecule has 0 bridgehead atoms. The Morgan fingerprint density at radius 2 is 2.22 bits per heavy atom. The van der Waals surface area contributed by atoms with Crippen molar-refractivity contribution in [2.24, 2.45) is 0 Å². The third kappa shape index (κ3) is 2.61. The molecule has 1 aromatic rings. The molecule has 1 heterocycles. The van der Waals surface area contributed by atoms with Crippen LogP contribution < -0.4 is 0 Å². The van der Waals surface area contributed by atoms with Gasteiger partial charge in [-0.3, -0.25) is 4.79 Å². The Labute approximate surface area is 105 Å². The number of carbonyl (C=O) groups is 1. The highest BCUT2D eigenvalue weighted by Gasteiger charge is 2.31. The first-order valence-corrected chi connectivity index (χ1v) is 5.89. The van der Waals surface area contributed by atoms with Gasteiger partial charge in [-0.1, -0.05) is 0 Å². The summed E-state index contributed by atoms with van der Waals surface area (Å²) < 4.78 is 13.2. The molecule has 98 valence electrons. The number of hydrogen-bond donors (Lipinski definition) is 2. The van der Waals surface area contributed by atoms with Crippen LogP contribution in [-0.2, 0) is 0 Å². The minimum atomic E-state index is -0.886. The van der Waals surface area contributed by atoms with E-state index in [0.717, 1.165) is 18.6 Å². The molecular formula is C13H16FNO3. The highest BCUT2D eigenvalue weighted by Crippen LogP contribution is 2.23. The largest absolute Gasteiger partial charge is 0.505 e. The molecule has 0 saturated carbocycles. The van der Waals surface area contributed by atoms with Crippen molar-refractivity contribution in [1.29, 1.82) is 0 Å². The van der Waals surface area contributed by atoms with E-state index in [1.165, 1.54) is 11.0 Å². The highest BCUT2D eigenvalue weighted by atomic mass is 19.1. The summed E-state index contributed by atoms with van der Waals surface area (Å²) in [5.41, 5.74) is -0.702. The predicted octanol–water partition coefficient (Wildman–Crippen LogP) is 1.52.